The van der Waals surface area contributed by atoms with Crippen LogP contribution in [0.4, 0.5) is 23.7 Å². The molecule has 0 fully saturated rings. The summed E-state index contributed by atoms with van der Waals surface area (Å²) in [7, 11) is 0. The van der Waals surface area contributed by atoms with E-state index in [1.807, 2.05) is 0 Å². The maximum absolute atomic E-state index is 13.6. The van der Waals surface area contributed by atoms with E-state index in [0.29, 0.717) is 27.2 Å². The maximum Gasteiger partial charge on any atom is 0.422 e. The van der Waals surface area contributed by atoms with Gasteiger partial charge in [-0.3, -0.25) is 4.98 Å². The lowest BCUT2D eigenvalue weighted by Gasteiger charge is -2.16. The smallest absolute Gasteiger partial charge is 0.422 e. The molecule has 4 rings (SSSR count). The number of nitrogens with two attached hydrogens (primary N) is 1. The molecule has 9 nitrogen and oxygen atoms in total. The van der Waals surface area contributed by atoms with Crippen molar-refractivity contribution in [3.8, 4) is 5.75 Å². The van der Waals surface area contributed by atoms with Gasteiger partial charge in [-0.25, -0.2) is 4.79 Å². The summed E-state index contributed by atoms with van der Waals surface area (Å²) in [6, 6.07) is 13.5. The summed E-state index contributed by atoms with van der Waals surface area (Å²) in [5.41, 5.74) is 7.00. The van der Waals surface area contributed by atoms with E-state index in [-0.39, 0.29) is 22.4 Å². The third-order valence-electron chi connectivity index (χ3n) is 5.10. The van der Waals surface area contributed by atoms with Gasteiger partial charge < -0.3 is 24.9 Å². The first-order valence-electron chi connectivity index (χ1n) is 10.6. The van der Waals surface area contributed by atoms with Gasteiger partial charge in [-0.05, 0) is 49.4 Å². The third kappa shape index (κ3) is 6.28. The van der Waals surface area contributed by atoms with E-state index >= 15 is 0 Å². The Labute approximate surface area is 215 Å². The number of ether oxygens (including phenoxy) is 1. The molecular weight excluding hydrogens is 531 g/mol. The standard InChI is InChI=1S/C23H20F3N5O4S2/c1-14-18(28-11-10-20(14)35-13-23(24,25)26)12-36(33)22-30-17-4-2-3-5-19(17)31(22)37(34)16-8-6-15(7-9-16)29-21(27)32/h2-11H,12-13H2,1H3,(H3,27,29,32). The van der Waals surface area contributed by atoms with Gasteiger partial charge in [0.05, 0.1) is 11.2 Å². The van der Waals surface area contributed by atoms with Gasteiger partial charge in [0.25, 0.3) is 0 Å². The van der Waals surface area contributed by atoms with E-state index in [1.54, 1.807) is 24.3 Å². The topological polar surface area (TPSA) is 141 Å². The molecule has 4 aromatic rings. The minimum Gasteiger partial charge on any atom is -0.609 e. The molecule has 37 heavy (non-hydrogen) atoms. The minimum absolute atomic E-state index is 0.00156. The van der Waals surface area contributed by atoms with E-state index in [2.05, 4.69) is 15.3 Å². The summed E-state index contributed by atoms with van der Waals surface area (Å²) in [4.78, 5) is 20.0. The van der Waals surface area contributed by atoms with Crippen LogP contribution in [-0.4, -0.2) is 41.9 Å². The van der Waals surface area contributed by atoms with Crippen molar-refractivity contribution in [3.63, 3.8) is 0 Å². The first-order chi connectivity index (χ1) is 17.5. The predicted molar refractivity (Wildman–Crippen MR) is 132 cm³/mol. The fourth-order valence-corrected chi connectivity index (χ4v) is 6.10. The van der Waals surface area contributed by atoms with Crippen LogP contribution >= 0.6 is 0 Å². The number of rotatable bonds is 8. The van der Waals surface area contributed by atoms with Crippen LogP contribution in [0.15, 0.2) is 70.8 Å². The highest BCUT2D eigenvalue weighted by molar-refractivity contribution is 7.93. The highest BCUT2D eigenvalue weighted by atomic mass is 32.2. The van der Waals surface area contributed by atoms with Crippen molar-refractivity contribution in [2.45, 2.75) is 28.9 Å². The number of hydrogen-bond acceptors (Lipinski definition) is 6. The van der Waals surface area contributed by atoms with Gasteiger partial charge in [-0.1, -0.05) is 16.1 Å². The second-order valence-corrected chi connectivity index (χ2v) is 10.4. The van der Waals surface area contributed by atoms with Gasteiger partial charge >= 0.3 is 17.4 Å². The number of anilines is 1. The zero-order valence-corrected chi connectivity index (χ0v) is 20.8. The second kappa shape index (κ2) is 10.9. The monoisotopic (exact) mass is 551 g/mol. The number of hydrogen-bond donors (Lipinski definition) is 2. The van der Waals surface area contributed by atoms with Gasteiger partial charge in [0, 0.05) is 28.6 Å². The number of carbonyl (C=O) groups is 1. The third-order valence-corrected chi connectivity index (χ3v) is 7.81. The number of nitrogens with one attached hydrogen (secondary N) is 1. The number of alkyl halides is 3. The summed E-state index contributed by atoms with van der Waals surface area (Å²) in [5, 5.41) is 2.41. The van der Waals surface area contributed by atoms with Crippen molar-refractivity contribution in [3.05, 3.63) is 72.1 Å². The number of urea groups is 1. The van der Waals surface area contributed by atoms with E-state index < -0.39 is 41.4 Å². The van der Waals surface area contributed by atoms with Crippen LogP contribution in [0.2, 0.25) is 0 Å². The Balaban J connectivity index is 1.66. The molecule has 0 aliphatic rings. The molecule has 194 valence electrons. The van der Waals surface area contributed by atoms with Crippen molar-refractivity contribution in [1.29, 1.82) is 0 Å². The second-order valence-electron chi connectivity index (χ2n) is 7.71. The number of benzene rings is 2. The van der Waals surface area contributed by atoms with Crippen LogP contribution in [0.25, 0.3) is 11.0 Å². The lowest BCUT2D eigenvalue weighted by atomic mass is 10.2. The molecule has 3 N–H and O–H groups in total. The number of aromatic nitrogens is 3. The number of nitrogens with zero attached hydrogens (tertiary/aromatic N) is 3. The van der Waals surface area contributed by atoms with Crippen molar-refractivity contribution in [2.75, 3.05) is 11.9 Å². The van der Waals surface area contributed by atoms with Crippen molar-refractivity contribution in [2.24, 2.45) is 5.73 Å². The Hall–Kier alpha value is -3.46. The largest absolute Gasteiger partial charge is 0.609 e. The number of primary amides is 1. The Morgan fingerprint density at radius 2 is 1.84 bits per heavy atom. The molecule has 0 bridgehead atoms. The first kappa shape index (κ1) is 26.6. The van der Waals surface area contributed by atoms with E-state index in [1.165, 1.54) is 47.4 Å². The minimum atomic E-state index is -4.51. The zero-order valence-electron chi connectivity index (χ0n) is 19.2. The van der Waals surface area contributed by atoms with Crippen molar-refractivity contribution >= 4 is 45.3 Å². The summed E-state index contributed by atoms with van der Waals surface area (Å²) in [6.45, 7) is 0.0525. The molecule has 2 unspecified atom stereocenters. The average Bonchev–Trinajstić information content (AvgIpc) is 3.23. The molecule has 0 saturated heterocycles. The highest BCUT2D eigenvalue weighted by Gasteiger charge is 2.32. The zero-order chi connectivity index (χ0) is 26.7. The Kier molecular flexibility index (Phi) is 7.82. The number of imidazole rings is 1. The number of fused-ring (bicyclic) bond motifs is 1. The van der Waals surface area contributed by atoms with Crippen LogP contribution in [0, 0.1) is 6.92 Å². The average molecular weight is 552 g/mol. The fraction of sp³-hybridized carbons (Fsp3) is 0.174. The maximum atomic E-state index is 13.6. The molecule has 0 aliphatic heterocycles. The van der Waals surface area contributed by atoms with Gasteiger partial charge in [0.15, 0.2) is 17.3 Å². The quantitative estimate of drug-likeness (QED) is 0.317. The van der Waals surface area contributed by atoms with Crippen LogP contribution < -0.4 is 15.8 Å². The SMILES string of the molecule is Cc1c(OCC(F)(F)F)ccnc1C[S+]([O-])c1nc2ccccc2n1[S+]([O-])c1ccc(NC(N)=O)cc1. The van der Waals surface area contributed by atoms with Gasteiger partial charge in [0.1, 0.15) is 22.6 Å². The number of carbonyl (C=O) groups excluding carboxylic acids is 1. The Morgan fingerprint density at radius 3 is 2.51 bits per heavy atom. The van der Waals surface area contributed by atoms with Gasteiger partial charge in [0.2, 0.25) is 0 Å². The van der Waals surface area contributed by atoms with Crippen LogP contribution in [0.1, 0.15) is 11.3 Å². The molecule has 0 aliphatic carbocycles. The number of pyridine rings is 1. The summed E-state index contributed by atoms with van der Waals surface area (Å²) in [6.07, 6.45) is -3.24. The Bertz CT molecular complexity index is 1420. The van der Waals surface area contributed by atoms with E-state index in [9.17, 15) is 27.1 Å². The van der Waals surface area contributed by atoms with Crippen LogP contribution in [0.3, 0.4) is 0 Å². The molecule has 0 saturated carbocycles. The summed E-state index contributed by atoms with van der Waals surface area (Å²) < 4.78 is 71.0. The van der Waals surface area contributed by atoms with Crippen molar-refractivity contribution in [1.82, 2.24) is 13.9 Å². The number of amides is 2. The lowest BCUT2D eigenvalue weighted by Crippen LogP contribution is -2.22. The predicted octanol–water partition coefficient (Wildman–Crippen LogP) is 4.05. The molecule has 0 spiro atoms. The molecular formula is C23H20F3N5O4S2. The van der Waals surface area contributed by atoms with E-state index in [0.717, 1.165) is 0 Å². The lowest BCUT2D eigenvalue weighted by molar-refractivity contribution is -0.153. The highest BCUT2D eigenvalue weighted by Crippen LogP contribution is 2.30. The number of para-hydroxylation sites is 2. The van der Waals surface area contributed by atoms with Gasteiger partial charge in [-0.15, -0.1) is 0 Å². The molecule has 2 atom stereocenters. The van der Waals surface area contributed by atoms with Crippen LogP contribution in [-0.2, 0) is 28.3 Å². The molecule has 2 aromatic heterocycles. The summed E-state index contributed by atoms with van der Waals surface area (Å²) in [5.74, 6) is -0.224. The van der Waals surface area contributed by atoms with Crippen molar-refractivity contribution < 1.29 is 31.8 Å². The van der Waals surface area contributed by atoms with E-state index in [4.69, 9.17) is 10.5 Å². The fourth-order valence-electron chi connectivity index (χ4n) is 3.40. The molecule has 2 aromatic carbocycles. The van der Waals surface area contributed by atoms with Gasteiger partial charge in [-0.2, -0.15) is 18.2 Å². The molecule has 14 heteroatoms. The Morgan fingerprint density at radius 1 is 1.14 bits per heavy atom. The first-order valence-corrected chi connectivity index (χ1v) is 13.0. The normalized spacial score (nSPS) is 13.4. The summed E-state index contributed by atoms with van der Waals surface area (Å²) >= 11 is -3.76. The molecule has 0 radical (unpaired) electrons. The van der Waals surface area contributed by atoms with Crippen LogP contribution in [0.5, 0.6) is 5.75 Å². The number of halogens is 3. The molecule has 2 heterocycles. The molecule has 2 amide bonds.